The van der Waals surface area contributed by atoms with Crippen LogP contribution in [0, 0.1) is 0 Å². The molecule has 1 aromatic rings. The third kappa shape index (κ3) is 3.34. The highest BCUT2D eigenvalue weighted by atomic mass is 79.9. The van der Waals surface area contributed by atoms with Crippen molar-refractivity contribution in [3.63, 3.8) is 0 Å². The summed E-state index contributed by atoms with van der Waals surface area (Å²) in [6, 6.07) is 1.48. The minimum Gasteiger partial charge on any atom is -0.452 e. The fraction of sp³-hybridized carbons (Fsp3) is 0.636. The van der Waals surface area contributed by atoms with Crippen molar-refractivity contribution in [2.75, 3.05) is 13.1 Å². The average molecular weight is 339 g/mol. The topological polar surface area (TPSA) is 76.5 Å². The second-order valence-electron chi connectivity index (χ2n) is 3.96. The van der Waals surface area contributed by atoms with E-state index in [1.807, 2.05) is 13.8 Å². The van der Waals surface area contributed by atoms with Crippen LogP contribution >= 0.6 is 15.9 Å². The molecular weight excluding hydrogens is 320 g/mol. The molecule has 0 aliphatic heterocycles. The predicted molar refractivity (Wildman–Crippen MR) is 73.6 cm³/mol. The highest BCUT2D eigenvalue weighted by Gasteiger charge is 2.28. The molecule has 0 atom stereocenters. The SMILES string of the molecule is CCCN(CCC)S(=O)(=O)c1cc(CN)oc1Br. The van der Waals surface area contributed by atoms with Crippen molar-refractivity contribution in [2.24, 2.45) is 5.73 Å². The summed E-state index contributed by atoms with van der Waals surface area (Å²) >= 11 is 3.14. The van der Waals surface area contributed by atoms with Crippen LogP contribution in [0.4, 0.5) is 0 Å². The predicted octanol–water partition coefficient (Wildman–Crippen LogP) is 2.31. The Bertz CT molecular complexity index is 478. The Kier molecular flexibility index (Phi) is 5.84. The molecule has 18 heavy (non-hydrogen) atoms. The van der Waals surface area contributed by atoms with E-state index in [-0.39, 0.29) is 16.1 Å². The summed E-state index contributed by atoms with van der Waals surface area (Å²) in [5.41, 5.74) is 5.45. The quantitative estimate of drug-likeness (QED) is 0.827. The first-order chi connectivity index (χ1) is 8.47. The number of furan rings is 1. The van der Waals surface area contributed by atoms with E-state index in [0.717, 1.165) is 12.8 Å². The molecule has 0 saturated heterocycles. The molecule has 0 aliphatic carbocycles. The van der Waals surface area contributed by atoms with Gasteiger partial charge in [0.2, 0.25) is 10.0 Å². The van der Waals surface area contributed by atoms with Gasteiger partial charge < -0.3 is 10.2 Å². The largest absolute Gasteiger partial charge is 0.452 e. The third-order valence-corrected chi connectivity index (χ3v) is 5.23. The van der Waals surface area contributed by atoms with Crippen molar-refractivity contribution in [2.45, 2.75) is 38.1 Å². The van der Waals surface area contributed by atoms with Gasteiger partial charge in [-0.25, -0.2) is 8.42 Å². The van der Waals surface area contributed by atoms with Gasteiger partial charge >= 0.3 is 0 Å². The standard InChI is InChI=1S/C11H19BrN2O3S/c1-3-5-14(6-4-2)18(15,16)10-7-9(8-13)17-11(10)12/h7H,3-6,8,13H2,1-2H3. The molecule has 5 nitrogen and oxygen atoms in total. The zero-order valence-corrected chi connectivity index (χ0v) is 13.1. The van der Waals surface area contributed by atoms with Crippen molar-refractivity contribution in [3.8, 4) is 0 Å². The molecule has 0 unspecified atom stereocenters. The van der Waals surface area contributed by atoms with Crippen molar-refractivity contribution < 1.29 is 12.8 Å². The van der Waals surface area contributed by atoms with Crippen LogP contribution in [0.3, 0.4) is 0 Å². The summed E-state index contributed by atoms with van der Waals surface area (Å²) in [5.74, 6) is 0.452. The Morgan fingerprint density at radius 3 is 2.28 bits per heavy atom. The van der Waals surface area contributed by atoms with E-state index in [0.29, 0.717) is 18.8 Å². The maximum Gasteiger partial charge on any atom is 0.247 e. The summed E-state index contributed by atoms with van der Waals surface area (Å²) in [7, 11) is -3.51. The second kappa shape index (κ2) is 6.70. The number of hydrogen-bond donors (Lipinski definition) is 1. The van der Waals surface area contributed by atoms with Crippen LogP contribution in [-0.2, 0) is 16.6 Å². The highest BCUT2D eigenvalue weighted by molar-refractivity contribution is 9.10. The Hall–Kier alpha value is -0.370. The van der Waals surface area contributed by atoms with Crippen LogP contribution in [0.25, 0.3) is 0 Å². The molecule has 0 fully saturated rings. The van der Waals surface area contributed by atoms with Gasteiger partial charge in [0.05, 0.1) is 6.54 Å². The Balaban J connectivity index is 3.12. The zero-order valence-electron chi connectivity index (χ0n) is 10.6. The van der Waals surface area contributed by atoms with Gasteiger partial charge in [-0.1, -0.05) is 13.8 Å². The van der Waals surface area contributed by atoms with Crippen LogP contribution in [0.15, 0.2) is 20.0 Å². The number of nitrogens with zero attached hydrogens (tertiary/aromatic N) is 1. The normalized spacial score (nSPS) is 12.3. The van der Waals surface area contributed by atoms with Gasteiger partial charge in [-0.2, -0.15) is 4.31 Å². The van der Waals surface area contributed by atoms with Crippen LogP contribution in [0.5, 0.6) is 0 Å². The lowest BCUT2D eigenvalue weighted by Crippen LogP contribution is -2.32. The average Bonchev–Trinajstić information content (AvgIpc) is 2.71. The van der Waals surface area contributed by atoms with E-state index in [1.54, 1.807) is 0 Å². The summed E-state index contributed by atoms with van der Waals surface area (Å²) in [4.78, 5) is 0.157. The van der Waals surface area contributed by atoms with Gasteiger partial charge in [0.25, 0.3) is 0 Å². The Morgan fingerprint density at radius 1 is 1.33 bits per heavy atom. The molecule has 0 aliphatic rings. The lowest BCUT2D eigenvalue weighted by molar-refractivity contribution is 0.407. The van der Waals surface area contributed by atoms with Crippen LogP contribution in [-0.4, -0.2) is 25.8 Å². The van der Waals surface area contributed by atoms with Crippen molar-refractivity contribution in [1.29, 1.82) is 0 Å². The first kappa shape index (κ1) is 15.7. The van der Waals surface area contributed by atoms with E-state index in [1.165, 1.54) is 10.4 Å². The lowest BCUT2D eigenvalue weighted by atomic mass is 10.4. The van der Waals surface area contributed by atoms with E-state index >= 15 is 0 Å². The number of hydrogen-bond acceptors (Lipinski definition) is 4. The Labute approximate surface area is 117 Å². The molecule has 0 amide bonds. The molecule has 104 valence electrons. The number of halogens is 1. The molecule has 0 bridgehead atoms. The fourth-order valence-corrected chi connectivity index (χ4v) is 4.25. The van der Waals surface area contributed by atoms with Gasteiger partial charge in [-0.15, -0.1) is 0 Å². The molecule has 1 rings (SSSR count). The first-order valence-electron chi connectivity index (χ1n) is 5.95. The van der Waals surface area contributed by atoms with Crippen LogP contribution in [0.2, 0.25) is 0 Å². The minimum atomic E-state index is -3.51. The summed E-state index contributed by atoms with van der Waals surface area (Å²) in [6.07, 6.45) is 1.55. The van der Waals surface area contributed by atoms with Crippen molar-refractivity contribution in [1.82, 2.24) is 4.31 Å². The number of sulfonamides is 1. The van der Waals surface area contributed by atoms with Gasteiger partial charge in [0.15, 0.2) is 4.67 Å². The second-order valence-corrected chi connectivity index (χ2v) is 6.59. The molecular formula is C11H19BrN2O3S. The molecule has 0 saturated carbocycles. The highest BCUT2D eigenvalue weighted by Crippen LogP contribution is 2.28. The third-order valence-electron chi connectivity index (χ3n) is 2.47. The molecule has 1 heterocycles. The lowest BCUT2D eigenvalue weighted by Gasteiger charge is -2.20. The molecule has 7 heteroatoms. The zero-order chi connectivity index (χ0) is 13.8. The van der Waals surface area contributed by atoms with E-state index < -0.39 is 10.0 Å². The van der Waals surface area contributed by atoms with E-state index in [4.69, 9.17) is 10.2 Å². The number of nitrogens with two attached hydrogens (primary N) is 1. The maximum atomic E-state index is 12.5. The van der Waals surface area contributed by atoms with E-state index in [9.17, 15) is 8.42 Å². The molecule has 0 spiro atoms. The Morgan fingerprint density at radius 2 is 1.89 bits per heavy atom. The van der Waals surface area contributed by atoms with Gasteiger partial charge in [-0.05, 0) is 28.8 Å². The van der Waals surface area contributed by atoms with Crippen LogP contribution < -0.4 is 5.73 Å². The monoisotopic (exact) mass is 338 g/mol. The summed E-state index contributed by atoms with van der Waals surface area (Å²) in [6.45, 7) is 5.09. The molecule has 0 aromatic carbocycles. The van der Waals surface area contributed by atoms with Crippen LogP contribution in [0.1, 0.15) is 32.4 Å². The van der Waals surface area contributed by atoms with Gasteiger partial charge in [0, 0.05) is 19.2 Å². The first-order valence-corrected chi connectivity index (χ1v) is 8.19. The molecule has 2 N–H and O–H groups in total. The summed E-state index contributed by atoms with van der Waals surface area (Å²) < 4.78 is 31.9. The van der Waals surface area contributed by atoms with Crippen molar-refractivity contribution in [3.05, 3.63) is 16.5 Å². The summed E-state index contributed by atoms with van der Waals surface area (Å²) in [5, 5.41) is 0. The minimum absolute atomic E-state index is 0.157. The van der Waals surface area contributed by atoms with Gasteiger partial charge in [0.1, 0.15) is 10.7 Å². The smallest absolute Gasteiger partial charge is 0.247 e. The van der Waals surface area contributed by atoms with Crippen molar-refractivity contribution >= 4 is 26.0 Å². The maximum absolute atomic E-state index is 12.5. The molecule has 0 radical (unpaired) electrons. The fourth-order valence-electron chi connectivity index (χ4n) is 1.66. The number of rotatable bonds is 7. The van der Waals surface area contributed by atoms with E-state index in [2.05, 4.69) is 15.9 Å². The molecule has 1 aromatic heterocycles. The van der Waals surface area contributed by atoms with Gasteiger partial charge in [-0.3, -0.25) is 0 Å².